The summed E-state index contributed by atoms with van der Waals surface area (Å²) >= 11 is 0. The Bertz CT molecular complexity index is 1450. The molecule has 0 saturated carbocycles. The van der Waals surface area contributed by atoms with Gasteiger partial charge in [-0.15, -0.1) is 0 Å². The average molecular weight is 489 g/mol. The molecule has 0 radical (unpaired) electrons. The molecule has 1 N–H and O–H groups in total. The summed E-state index contributed by atoms with van der Waals surface area (Å²) in [6.07, 6.45) is 4.20. The Hall–Kier alpha value is -4.11. The summed E-state index contributed by atoms with van der Waals surface area (Å²) in [5.41, 5.74) is 3.14. The topological polar surface area (TPSA) is 93.5 Å². The van der Waals surface area contributed by atoms with E-state index in [0.717, 1.165) is 16.8 Å². The number of nitrogens with zero attached hydrogens (tertiary/aromatic N) is 3. The van der Waals surface area contributed by atoms with Crippen LogP contribution in [0.2, 0.25) is 0 Å². The van der Waals surface area contributed by atoms with Crippen LogP contribution in [0.25, 0.3) is 5.69 Å². The highest BCUT2D eigenvalue weighted by atomic mass is 32.2. The number of hydrogen-bond acceptors (Lipinski definition) is 5. The number of aryl methyl sites for hydroxylation is 1. The van der Waals surface area contributed by atoms with Crippen molar-refractivity contribution in [2.75, 3.05) is 10.8 Å². The molecule has 0 saturated heterocycles. The van der Waals surface area contributed by atoms with E-state index in [4.69, 9.17) is 4.74 Å². The van der Waals surface area contributed by atoms with Crippen molar-refractivity contribution in [2.45, 2.75) is 24.5 Å². The van der Waals surface area contributed by atoms with Crippen molar-refractivity contribution in [1.82, 2.24) is 14.9 Å². The van der Waals surface area contributed by atoms with Crippen LogP contribution in [0.4, 0.5) is 5.69 Å². The molecule has 9 heteroatoms. The minimum atomic E-state index is -3.90. The molecule has 0 spiro atoms. The molecule has 1 atom stereocenters. The van der Waals surface area contributed by atoms with Crippen molar-refractivity contribution in [3.8, 4) is 11.4 Å². The molecular formula is C26H24N4O4S. The molecule has 0 bridgehead atoms. The SMILES string of the molecule is Cc1ccc(S(=O)(=O)N2C[C@H](C(=O)NCc3ccccc3-n3ccnc3)Oc3ccccc32)cc1. The number of ether oxygens (including phenoxy) is 1. The van der Waals surface area contributed by atoms with Crippen LogP contribution >= 0.6 is 0 Å². The highest BCUT2D eigenvalue weighted by molar-refractivity contribution is 7.92. The molecule has 4 aromatic rings. The largest absolute Gasteiger partial charge is 0.476 e. The molecule has 0 unspecified atom stereocenters. The van der Waals surface area contributed by atoms with E-state index in [-0.39, 0.29) is 18.0 Å². The van der Waals surface area contributed by atoms with E-state index in [2.05, 4.69) is 10.3 Å². The number of nitrogens with one attached hydrogen (secondary N) is 1. The van der Waals surface area contributed by atoms with Crippen molar-refractivity contribution >= 4 is 21.6 Å². The molecule has 35 heavy (non-hydrogen) atoms. The number of amides is 1. The first-order valence-corrected chi connectivity index (χ1v) is 12.6. The number of imidazole rings is 1. The van der Waals surface area contributed by atoms with Gasteiger partial charge < -0.3 is 14.6 Å². The van der Waals surface area contributed by atoms with Crippen molar-refractivity contribution in [3.63, 3.8) is 0 Å². The summed E-state index contributed by atoms with van der Waals surface area (Å²) in [7, 11) is -3.90. The van der Waals surface area contributed by atoms with Gasteiger partial charge in [-0.1, -0.05) is 48.0 Å². The summed E-state index contributed by atoms with van der Waals surface area (Å²) < 4.78 is 36.1. The lowest BCUT2D eigenvalue weighted by Gasteiger charge is -2.34. The maximum atomic E-state index is 13.5. The average Bonchev–Trinajstić information content (AvgIpc) is 3.42. The third kappa shape index (κ3) is 4.50. The summed E-state index contributed by atoms with van der Waals surface area (Å²) in [5.74, 6) is -0.0579. The normalized spacial score (nSPS) is 15.2. The Morgan fingerprint density at radius 2 is 1.74 bits per heavy atom. The van der Waals surface area contributed by atoms with Gasteiger partial charge in [0.2, 0.25) is 0 Å². The monoisotopic (exact) mass is 488 g/mol. The lowest BCUT2D eigenvalue weighted by atomic mass is 10.1. The molecule has 0 fully saturated rings. The fourth-order valence-electron chi connectivity index (χ4n) is 4.01. The van der Waals surface area contributed by atoms with Gasteiger partial charge in [-0.2, -0.15) is 0 Å². The number of aromatic nitrogens is 2. The van der Waals surface area contributed by atoms with Crippen LogP contribution in [0.5, 0.6) is 5.75 Å². The second-order valence-electron chi connectivity index (χ2n) is 8.24. The molecular weight excluding hydrogens is 464 g/mol. The first-order chi connectivity index (χ1) is 16.9. The van der Waals surface area contributed by atoms with Gasteiger partial charge in [-0.25, -0.2) is 13.4 Å². The summed E-state index contributed by atoms with van der Waals surface area (Å²) in [6, 6.07) is 21.1. The maximum absolute atomic E-state index is 13.5. The summed E-state index contributed by atoms with van der Waals surface area (Å²) in [5, 5.41) is 2.90. The zero-order chi connectivity index (χ0) is 24.4. The van der Waals surface area contributed by atoms with E-state index in [1.54, 1.807) is 61.1 Å². The second-order valence-corrected chi connectivity index (χ2v) is 10.1. The number of anilines is 1. The Morgan fingerprint density at radius 3 is 2.49 bits per heavy atom. The quantitative estimate of drug-likeness (QED) is 0.449. The Balaban J connectivity index is 1.39. The van der Waals surface area contributed by atoms with Crippen molar-refractivity contribution in [2.24, 2.45) is 0 Å². The van der Waals surface area contributed by atoms with E-state index in [1.807, 2.05) is 42.0 Å². The van der Waals surface area contributed by atoms with Crippen LogP contribution in [0, 0.1) is 6.92 Å². The fourth-order valence-corrected chi connectivity index (χ4v) is 5.49. The lowest BCUT2D eigenvalue weighted by molar-refractivity contribution is -0.127. The molecule has 2 heterocycles. The predicted octanol–water partition coefficient (Wildman–Crippen LogP) is 3.45. The first kappa shape index (κ1) is 22.7. The van der Waals surface area contributed by atoms with Gasteiger partial charge in [-0.3, -0.25) is 9.10 Å². The standard InChI is InChI=1S/C26H24N4O4S/c1-19-10-12-21(13-11-19)35(32,33)30-17-25(34-24-9-5-4-8-23(24)30)26(31)28-16-20-6-2-3-7-22(20)29-15-14-27-18-29/h2-15,18,25H,16-17H2,1H3,(H,28,31)/t25-/m1/s1. The molecule has 8 nitrogen and oxygen atoms in total. The van der Waals surface area contributed by atoms with Gasteiger partial charge >= 0.3 is 0 Å². The molecule has 1 aliphatic heterocycles. The van der Waals surface area contributed by atoms with Crippen LogP contribution in [-0.2, 0) is 21.4 Å². The number of fused-ring (bicyclic) bond motifs is 1. The molecule has 1 aliphatic rings. The number of hydrogen-bond donors (Lipinski definition) is 1. The van der Waals surface area contributed by atoms with Crippen LogP contribution in [0.1, 0.15) is 11.1 Å². The molecule has 0 aliphatic carbocycles. The molecule has 3 aromatic carbocycles. The number of rotatable bonds is 6. The number of benzene rings is 3. The third-order valence-corrected chi connectivity index (χ3v) is 7.66. The van der Waals surface area contributed by atoms with Crippen LogP contribution in [0.3, 0.4) is 0 Å². The summed E-state index contributed by atoms with van der Waals surface area (Å²) in [4.78, 5) is 17.4. The van der Waals surface area contributed by atoms with Gasteiger partial charge in [-0.05, 0) is 42.8 Å². The number of sulfonamides is 1. The van der Waals surface area contributed by atoms with Crippen molar-refractivity contribution < 1.29 is 17.9 Å². The molecule has 178 valence electrons. The minimum Gasteiger partial charge on any atom is -0.476 e. The van der Waals surface area contributed by atoms with Gasteiger partial charge in [0.15, 0.2) is 6.10 Å². The first-order valence-electron chi connectivity index (χ1n) is 11.1. The van der Waals surface area contributed by atoms with E-state index >= 15 is 0 Å². The van der Waals surface area contributed by atoms with Gasteiger partial charge in [0, 0.05) is 18.9 Å². The van der Waals surface area contributed by atoms with Crippen molar-refractivity contribution in [3.05, 3.63) is 103 Å². The summed E-state index contributed by atoms with van der Waals surface area (Å²) in [6.45, 7) is 2.01. The van der Waals surface area contributed by atoms with Gasteiger partial charge in [0.25, 0.3) is 15.9 Å². The number of carbonyl (C=O) groups excluding carboxylic acids is 1. The third-order valence-electron chi connectivity index (χ3n) is 5.86. The Morgan fingerprint density at radius 1 is 1.03 bits per heavy atom. The van der Waals surface area contributed by atoms with E-state index < -0.39 is 22.0 Å². The zero-order valence-electron chi connectivity index (χ0n) is 19.0. The minimum absolute atomic E-state index is 0.137. The fraction of sp³-hybridized carbons (Fsp3) is 0.154. The van der Waals surface area contributed by atoms with Crippen LogP contribution < -0.4 is 14.4 Å². The molecule has 1 amide bonds. The molecule has 1 aromatic heterocycles. The van der Waals surface area contributed by atoms with Crippen LogP contribution in [0.15, 0.2) is 96.4 Å². The second kappa shape index (κ2) is 9.27. The molecule has 5 rings (SSSR count). The maximum Gasteiger partial charge on any atom is 0.264 e. The number of carbonyl (C=O) groups is 1. The van der Waals surface area contributed by atoms with Crippen molar-refractivity contribution in [1.29, 1.82) is 0 Å². The van der Waals surface area contributed by atoms with Gasteiger partial charge in [0.1, 0.15) is 5.75 Å². The van der Waals surface area contributed by atoms with E-state index in [1.165, 1.54) is 4.31 Å². The Kier molecular flexibility index (Phi) is 6.00. The smallest absolute Gasteiger partial charge is 0.264 e. The van der Waals surface area contributed by atoms with Gasteiger partial charge in [0.05, 0.1) is 29.1 Å². The highest BCUT2D eigenvalue weighted by Gasteiger charge is 2.37. The van der Waals surface area contributed by atoms with E-state index in [9.17, 15) is 13.2 Å². The zero-order valence-corrected chi connectivity index (χ0v) is 19.9. The Labute approximate surface area is 203 Å². The predicted molar refractivity (Wildman–Crippen MR) is 132 cm³/mol. The van der Waals surface area contributed by atoms with E-state index in [0.29, 0.717) is 11.4 Å². The lowest BCUT2D eigenvalue weighted by Crippen LogP contribution is -2.50. The van der Waals surface area contributed by atoms with Crippen LogP contribution in [-0.4, -0.2) is 36.5 Å². The number of para-hydroxylation sites is 3. The highest BCUT2D eigenvalue weighted by Crippen LogP contribution is 2.36.